The Balaban J connectivity index is 1.55. The average Bonchev–Trinajstić information content (AvgIpc) is 3.36. The lowest BCUT2D eigenvalue weighted by Gasteiger charge is -2.52. The largest absolute Gasteiger partial charge is 0.459 e. The Labute approximate surface area is 320 Å². The number of methoxy groups -OCH3 is 1. The topological polar surface area (TPSA) is 192 Å². The predicted molar refractivity (Wildman–Crippen MR) is 197 cm³/mol. The third-order valence-electron chi connectivity index (χ3n) is 12.2. The maximum atomic E-state index is 13.3. The van der Waals surface area contributed by atoms with E-state index in [9.17, 15) is 39.3 Å². The Kier molecular flexibility index (Phi) is 17.0. The van der Waals surface area contributed by atoms with Crippen LogP contribution in [0.2, 0.25) is 0 Å². The Morgan fingerprint density at radius 2 is 1.61 bits per heavy atom. The smallest absolute Gasteiger partial charge is 0.342 e. The molecular formula is C41H66O13. The van der Waals surface area contributed by atoms with Crippen LogP contribution in [0.5, 0.6) is 0 Å². The molecule has 0 saturated carbocycles. The van der Waals surface area contributed by atoms with E-state index in [1.54, 1.807) is 27.7 Å². The summed E-state index contributed by atoms with van der Waals surface area (Å²) in [5.74, 6) is -4.36. The van der Waals surface area contributed by atoms with Crippen molar-refractivity contribution >= 4 is 29.5 Å². The first-order chi connectivity index (χ1) is 25.2. The Morgan fingerprint density at radius 3 is 2.19 bits per heavy atom. The normalized spacial score (nSPS) is 30.1. The van der Waals surface area contributed by atoms with Gasteiger partial charge in [-0.15, -0.1) is 0 Å². The molecule has 1 spiro atoms. The molecule has 0 unspecified atom stereocenters. The summed E-state index contributed by atoms with van der Waals surface area (Å²) in [6.45, 7) is 16.3. The van der Waals surface area contributed by atoms with Crippen LogP contribution < -0.4 is 0 Å². The van der Waals surface area contributed by atoms with E-state index in [0.29, 0.717) is 38.5 Å². The zero-order valence-electron chi connectivity index (χ0n) is 34.0. The molecule has 308 valence electrons. The molecule has 3 heterocycles. The van der Waals surface area contributed by atoms with Crippen LogP contribution in [-0.4, -0.2) is 100 Å². The van der Waals surface area contributed by atoms with Crippen LogP contribution in [0.1, 0.15) is 127 Å². The Bertz CT molecular complexity index is 1360. The van der Waals surface area contributed by atoms with E-state index in [4.69, 9.17) is 18.9 Å². The van der Waals surface area contributed by atoms with Gasteiger partial charge in [-0.05, 0) is 70.1 Å². The van der Waals surface area contributed by atoms with Gasteiger partial charge in [-0.2, -0.15) is 0 Å². The van der Waals surface area contributed by atoms with Gasteiger partial charge in [0.15, 0.2) is 5.79 Å². The number of ketones is 2. The quantitative estimate of drug-likeness (QED) is 0.113. The number of aliphatic hydroxyl groups is 3. The van der Waals surface area contributed by atoms with E-state index >= 15 is 0 Å². The van der Waals surface area contributed by atoms with E-state index in [0.717, 1.165) is 6.42 Å². The maximum Gasteiger partial charge on any atom is 0.342 e. The summed E-state index contributed by atoms with van der Waals surface area (Å²) >= 11 is 0. The van der Waals surface area contributed by atoms with Gasteiger partial charge in [-0.25, -0.2) is 9.59 Å². The molecule has 13 nitrogen and oxygen atoms in total. The van der Waals surface area contributed by atoms with Gasteiger partial charge in [0.2, 0.25) is 0 Å². The second kappa shape index (κ2) is 20.0. The highest BCUT2D eigenvalue weighted by atomic mass is 16.7. The van der Waals surface area contributed by atoms with Gasteiger partial charge in [0, 0.05) is 61.7 Å². The molecule has 3 aliphatic rings. The SMILES string of the molecule is CO[C@@H]([C@H](O)CC(=O)[C@@H](C)[C@@H](O)CC[C@@H](C)[C@@H]1O[C@]2(CC[C@@H]1C)C[C@@H](O)[C@@H](C)[C@H](CC[C@H](C)C(C)=O)O2)[C@H](OC(=O)CCC1=C(C)C(=O)OC1=O)C(C)C. The van der Waals surface area contributed by atoms with Crippen LogP contribution in [-0.2, 0) is 47.7 Å². The predicted octanol–water partition coefficient (Wildman–Crippen LogP) is 4.79. The summed E-state index contributed by atoms with van der Waals surface area (Å²) in [6, 6.07) is 0. The van der Waals surface area contributed by atoms with Gasteiger partial charge in [0.1, 0.15) is 23.8 Å². The number of carbonyl (C=O) groups excluding carboxylic acids is 5. The molecule has 13 heteroatoms. The lowest BCUT2D eigenvalue weighted by Crippen LogP contribution is -2.57. The summed E-state index contributed by atoms with van der Waals surface area (Å²) < 4.78 is 29.1. The van der Waals surface area contributed by atoms with Crippen molar-refractivity contribution in [1.82, 2.24) is 0 Å². The Morgan fingerprint density at radius 1 is 0.944 bits per heavy atom. The third kappa shape index (κ3) is 11.7. The second-order valence-corrected chi connectivity index (χ2v) is 16.7. The van der Waals surface area contributed by atoms with Crippen molar-refractivity contribution in [2.45, 2.75) is 175 Å². The minimum Gasteiger partial charge on any atom is -0.459 e. The maximum absolute atomic E-state index is 13.3. The van der Waals surface area contributed by atoms with Crippen molar-refractivity contribution in [3.05, 3.63) is 11.1 Å². The lowest BCUT2D eigenvalue weighted by atomic mass is 9.78. The number of carbonyl (C=O) groups is 5. The first-order valence-electron chi connectivity index (χ1n) is 19.8. The molecule has 0 radical (unpaired) electrons. The molecular weight excluding hydrogens is 700 g/mol. The van der Waals surface area contributed by atoms with Gasteiger partial charge >= 0.3 is 17.9 Å². The van der Waals surface area contributed by atoms with Crippen LogP contribution in [0.15, 0.2) is 11.1 Å². The summed E-state index contributed by atoms with van der Waals surface area (Å²) in [7, 11) is 1.35. The number of aliphatic hydroxyl groups excluding tert-OH is 3. The molecule has 2 fully saturated rings. The van der Waals surface area contributed by atoms with Gasteiger partial charge in [-0.3, -0.25) is 14.4 Å². The van der Waals surface area contributed by atoms with Crippen LogP contribution in [0, 0.1) is 35.5 Å². The van der Waals surface area contributed by atoms with Crippen LogP contribution >= 0.6 is 0 Å². The zero-order chi connectivity index (χ0) is 40.7. The number of Topliss-reactive ketones (excluding diaryl/α,β-unsaturated/α-hetero) is 2. The first-order valence-corrected chi connectivity index (χ1v) is 19.8. The molecule has 3 aliphatic heterocycles. The summed E-state index contributed by atoms with van der Waals surface area (Å²) in [5.41, 5.74) is 0.271. The van der Waals surface area contributed by atoms with Gasteiger partial charge in [0.05, 0.1) is 30.5 Å². The highest BCUT2D eigenvalue weighted by Crippen LogP contribution is 2.46. The van der Waals surface area contributed by atoms with E-state index in [-0.39, 0.29) is 83.8 Å². The fraction of sp³-hybridized carbons (Fsp3) is 0.829. The molecule has 0 amide bonds. The first kappa shape index (κ1) is 45.8. The molecule has 0 aromatic carbocycles. The fourth-order valence-corrected chi connectivity index (χ4v) is 7.96. The highest BCUT2D eigenvalue weighted by Gasteiger charge is 2.50. The van der Waals surface area contributed by atoms with Gasteiger partial charge in [0.25, 0.3) is 0 Å². The number of rotatable bonds is 20. The summed E-state index contributed by atoms with van der Waals surface area (Å²) in [5, 5.41) is 33.3. The standard InChI is InChI=1S/C41H66O13/c1-21(2)36(51-35(47)16-13-29-25(6)39(48)52-40(29)49)38(50-10)32(45)19-31(44)26(7)30(43)14-11-23(4)37-24(5)17-18-41(54-37)20-33(46)27(8)34(53-41)15-12-22(3)28(9)42/h21-24,26-27,30,32-34,36-38,43,45-46H,11-20H2,1-10H3/t22-,23+,24-,26-,27+,30-,32+,33+,34-,36+,37-,38-,41+/m0/s1. The van der Waals surface area contributed by atoms with Crippen LogP contribution in [0.25, 0.3) is 0 Å². The minimum atomic E-state index is -1.33. The van der Waals surface area contributed by atoms with Gasteiger partial charge in [-0.1, -0.05) is 48.5 Å². The van der Waals surface area contributed by atoms with E-state index in [1.807, 2.05) is 13.8 Å². The van der Waals surface area contributed by atoms with E-state index in [1.165, 1.54) is 14.0 Å². The molecule has 3 N–H and O–H groups in total. The fourth-order valence-electron chi connectivity index (χ4n) is 7.96. The second-order valence-electron chi connectivity index (χ2n) is 16.7. The Hall–Kier alpha value is -2.55. The van der Waals surface area contributed by atoms with Crippen molar-refractivity contribution in [2.75, 3.05) is 7.11 Å². The summed E-state index contributed by atoms with van der Waals surface area (Å²) in [6.07, 6.45) is -1.76. The molecule has 3 rings (SSSR count). The molecule has 0 aliphatic carbocycles. The molecule has 0 aromatic heterocycles. The number of ether oxygens (including phenoxy) is 5. The monoisotopic (exact) mass is 766 g/mol. The number of hydrogen-bond acceptors (Lipinski definition) is 13. The van der Waals surface area contributed by atoms with Crippen molar-refractivity contribution in [3.8, 4) is 0 Å². The highest BCUT2D eigenvalue weighted by molar-refractivity contribution is 6.12. The number of cyclic esters (lactones) is 2. The summed E-state index contributed by atoms with van der Waals surface area (Å²) in [4.78, 5) is 61.5. The van der Waals surface area contributed by atoms with Gasteiger partial charge < -0.3 is 39.0 Å². The minimum absolute atomic E-state index is 0.00959. The molecule has 0 aromatic rings. The van der Waals surface area contributed by atoms with E-state index in [2.05, 4.69) is 18.6 Å². The van der Waals surface area contributed by atoms with E-state index < -0.39 is 60.1 Å². The van der Waals surface area contributed by atoms with Crippen molar-refractivity contribution in [3.63, 3.8) is 0 Å². The zero-order valence-corrected chi connectivity index (χ0v) is 34.0. The lowest BCUT2D eigenvalue weighted by molar-refractivity contribution is -0.351. The average molecular weight is 767 g/mol. The van der Waals surface area contributed by atoms with Crippen LogP contribution in [0.3, 0.4) is 0 Å². The third-order valence-corrected chi connectivity index (χ3v) is 12.2. The molecule has 13 atom stereocenters. The number of hydrogen-bond donors (Lipinski definition) is 3. The van der Waals surface area contributed by atoms with Crippen molar-refractivity contribution in [2.24, 2.45) is 35.5 Å². The van der Waals surface area contributed by atoms with Crippen LogP contribution in [0.4, 0.5) is 0 Å². The number of esters is 3. The molecule has 2 saturated heterocycles. The van der Waals surface area contributed by atoms with Crippen molar-refractivity contribution < 1.29 is 63.0 Å². The molecule has 54 heavy (non-hydrogen) atoms. The van der Waals surface area contributed by atoms with Crippen molar-refractivity contribution in [1.29, 1.82) is 0 Å². The molecule has 0 bridgehead atoms.